The number of aromatic nitrogens is 1. The van der Waals surface area contributed by atoms with Crippen molar-refractivity contribution >= 4 is 40.5 Å². The van der Waals surface area contributed by atoms with E-state index in [0.717, 1.165) is 16.5 Å². The SMILES string of the molecule is O=C(Nc1ccc(I)nc1)OC(=O)N1CCC2(CC1)CC2. The Morgan fingerprint density at radius 2 is 1.95 bits per heavy atom. The molecule has 0 unspecified atom stereocenters. The molecule has 112 valence electrons. The lowest BCUT2D eigenvalue weighted by molar-refractivity contribution is 0.106. The Hall–Kier alpha value is -1.38. The molecule has 1 spiro atoms. The van der Waals surface area contributed by atoms with E-state index in [2.05, 4.69) is 32.9 Å². The number of ether oxygens (including phenoxy) is 1. The summed E-state index contributed by atoms with van der Waals surface area (Å²) in [6, 6.07) is 3.47. The smallest absolute Gasteiger partial charge is 0.359 e. The molecule has 0 aromatic carbocycles. The summed E-state index contributed by atoms with van der Waals surface area (Å²) in [5.74, 6) is 0. The van der Waals surface area contributed by atoms with Crippen molar-refractivity contribution in [2.45, 2.75) is 25.7 Å². The maximum atomic E-state index is 11.9. The number of amides is 2. The van der Waals surface area contributed by atoms with E-state index in [1.54, 1.807) is 17.0 Å². The first-order chi connectivity index (χ1) is 10.1. The van der Waals surface area contributed by atoms with E-state index in [-0.39, 0.29) is 0 Å². The predicted molar refractivity (Wildman–Crippen MR) is 84.9 cm³/mol. The summed E-state index contributed by atoms with van der Waals surface area (Å²) < 4.78 is 5.64. The quantitative estimate of drug-likeness (QED) is 0.446. The van der Waals surface area contributed by atoms with E-state index < -0.39 is 12.2 Å². The van der Waals surface area contributed by atoms with Gasteiger partial charge >= 0.3 is 12.2 Å². The van der Waals surface area contributed by atoms with Gasteiger partial charge in [-0.1, -0.05) is 0 Å². The van der Waals surface area contributed by atoms with Crippen molar-refractivity contribution in [3.05, 3.63) is 22.0 Å². The third-order valence-electron chi connectivity index (χ3n) is 4.19. The number of hydrogen-bond donors (Lipinski definition) is 1. The van der Waals surface area contributed by atoms with Crippen molar-refractivity contribution in [3.63, 3.8) is 0 Å². The van der Waals surface area contributed by atoms with Crippen LogP contribution in [0.4, 0.5) is 15.3 Å². The molecule has 3 rings (SSSR count). The number of nitrogens with zero attached hydrogens (tertiary/aromatic N) is 2. The Balaban J connectivity index is 1.47. The number of piperidine rings is 1. The van der Waals surface area contributed by atoms with E-state index in [1.807, 2.05) is 0 Å². The van der Waals surface area contributed by atoms with E-state index in [9.17, 15) is 9.59 Å². The van der Waals surface area contributed by atoms with Gasteiger partial charge in [0.25, 0.3) is 0 Å². The number of hydrogen-bond acceptors (Lipinski definition) is 4. The average Bonchev–Trinajstić information content (AvgIpc) is 3.21. The topological polar surface area (TPSA) is 71.5 Å². The van der Waals surface area contributed by atoms with Crippen LogP contribution in [0.15, 0.2) is 18.3 Å². The first-order valence-corrected chi connectivity index (χ1v) is 8.04. The highest BCUT2D eigenvalue weighted by Crippen LogP contribution is 2.53. The van der Waals surface area contributed by atoms with Gasteiger partial charge in [0.1, 0.15) is 3.70 Å². The van der Waals surface area contributed by atoms with Gasteiger partial charge in [0.15, 0.2) is 0 Å². The fraction of sp³-hybridized carbons (Fsp3) is 0.500. The van der Waals surface area contributed by atoms with Crippen LogP contribution >= 0.6 is 22.6 Å². The highest BCUT2D eigenvalue weighted by atomic mass is 127. The molecule has 1 N–H and O–H groups in total. The molecular weight excluding hydrogens is 385 g/mol. The molecule has 0 bridgehead atoms. The summed E-state index contributed by atoms with van der Waals surface area (Å²) in [6.45, 7) is 1.36. The van der Waals surface area contributed by atoms with Gasteiger partial charge in [0.05, 0.1) is 11.9 Å². The molecule has 6 nitrogen and oxygen atoms in total. The van der Waals surface area contributed by atoms with Gasteiger partial charge in [-0.05, 0) is 65.8 Å². The second-order valence-corrected chi connectivity index (χ2v) is 6.74. The van der Waals surface area contributed by atoms with Crippen molar-refractivity contribution in [1.29, 1.82) is 0 Å². The zero-order valence-electron chi connectivity index (χ0n) is 11.5. The molecule has 1 saturated carbocycles. The number of pyridine rings is 1. The standard InChI is InChI=1S/C14H16IN3O3/c15-11-2-1-10(9-16-11)17-12(19)21-13(20)18-7-5-14(3-4-14)6-8-18/h1-2,9H,3-8H2,(H,17,19). The van der Waals surface area contributed by atoms with Gasteiger partial charge in [0.2, 0.25) is 0 Å². The van der Waals surface area contributed by atoms with Crippen molar-refractivity contribution in [2.75, 3.05) is 18.4 Å². The first-order valence-electron chi connectivity index (χ1n) is 6.96. The fourth-order valence-corrected chi connectivity index (χ4v) is 2.90. The molecule has 2 fully saturated rings. The molecule has 1 saturated heterocycles. The van der Waals surface area contributed by atoms with Crippen LogP contribution in [-0.2, 0) is 4.74 Å². The van der Waals surface area contributed by atoms with E-state index in [0.29, 0.717) is 24.2 Å². The Morgan fingerprint density at radius 1 is 1.24 bits per heavy atom. The van der Waals surface area contributed by atoms with Crippen LogP contribution in [0.25, 0.3) is 0 Å². The molecule has 0 radical (unpaired) electrons. The lowest BCUT2D eigenvalue weighted by Crippen LogP contribution is -2.40. The van der Waals surface area contributed by atoms with Crippen LogP contribution in [-0.4, -0.2) is 35.2 Å². The number of rotatable bonds is 1. The van der Waals surface area contributed by atoms with Gasteiger partial charge < -0.3 is 9.64 Å². The Kier molecular flexibility index (Phi) is 4.01. The molecule has 1 aliphatic carbocycles. The van der Waals surface area contributed by atoms with Gasteiger partial charge in [-0.2, -0.15) is 0 Å². The predicted octanol–water partition coefficient (Wildman–Crippen LogP) is 3.23. The second-order valence-electron chi connectivity index (χ2n) is 5.64. The number of likely N-dealkylation sites (tertiary alicyclic amines) is 1. The van der Waals surface area contributed by atoms with Gasteiger partial charge in [-0.3, -0.25) is 5.32 Å². The minimum absolute atomic E-state index is 0.492. The number of nitrogens with one attached hydrogen (secondary N) is 1. The Morgan fingerprint density at radius 3 is 2.52 bits per heavy atom. The molecule has 21 heavy (non-hydrogen) atoms. The van der Waals surface area contributed by atoms with Gasteiger partial charge in [0, 0.05) is 13.1 Å². The Bertz CT molecular complexity index is 547. The molecular formula is C14H16IN3O3. The minimum Gasteiger partial charge on any atom is -0.359 e. The van der Waals surface area contributed by atoms with Crippen LogP contribution in [0.1, 0.15) is 25.7 Å². The Labute approximate surface area is 136 Å². The van der Waals surface area contributed by atoms with Crippen molar-refractivity contribution < 1.29 is 14.3 Å². The normalized spacial score (nSPS) is 19.2. The molecule has 2 amide bonds. The van der Waals surface area contributed by atoms with Gasteiger partial charge in [-0.25, -0.2) is 14.6 Å². The van der Waals surface area contributed by atoms with Crippen molar-refractivity contribution in [1.82, 2.24) is 9.88 Å². The summed E-state index contributed by atoms with van der Waals surface area (Å²) in [5, 5.41) is 2.49. The van der Waals surface area contributed by atoms with E-state index in [4.69, 9.17) is 4.74 Å². The lowest BCUT2D eigenvalue weighted by atomic mass is 9.94. The highest BCUT2D eigenvalue weighted by molar-refractivity contribution is 14.1. The van der Waals surface area contributed by atoms with Crippen LogP contribution in [0, 0.1) is 9.12 Å². The summed E-state index contributed by atoms with van der Waals surface area (Å²) in [6.07, 6.45) is 4.77. The van der Waals surface area contributed by atoms with Gasteiger partial charge in [-0.15, -0.1) is 0 Å². The van der Waals surface area contributed by atoms with Crippen LogP contribution in [0.5, 0.6) is 0 Å². The largest absolute Gasteiger partial charge is 0.420 e. The zero-order chi connectivity index (χ0) is 14.9. The number of carbonyl (C=O) groups excluding carboxylic acids is 2. The zero-order valence-corrected chi connectivity index (χ0v) is 13.6. The molecule has 1 aromatic heterocycles. The molecule has 2 heterocycles. The first kappa shape index (κ1) is 14.6. The average molecular weight is 401 g/mol. The van der Waals surface area contributed by atoms with E-state index >= 15 is 0 Å². The monoisotopic (exact) mass is 401 g/mol. The maximum absolute atomic E-state index is 11.9. The second kappa shape index (κ2) is 5.78. The van der Waals surface area contributed by atoms with Crippen LogP contribution < -0.4 is 5.32 Å². The van der Waals surface area contributed by atoms with Crippen LogP contribution in [0.2, 0.25) is 0 Å². The maximum Gasteiger partial charge on any atom is 0.420 e. The number of carbonyl (C=O) groups is 2. The molecule has 1 aromatic rings. The molecule has 0 atom stereocenters. The molecule has 2 aliphatic rings. The minimum atomic E-state index is -0.769. The summed E-state index contributed by atoms with van der Waals surface area (Å²) >= 11 is 2.07. The summed E-state index contributed by atoms with van der Waals surface area (Å²) in [5.41, 5.74) is 0.995. The van der Waals surface area contributed by atoms with E-state index in [1.165, 1.54) is 19.0 Å². The molecule has 7 heteroatoms. The summed E-state index contributed by atoms with van der Waals surface area (Å²) in [7, 11) is 0. The molecule has 1 aliphatic heterocycles. The van der Waals surface area contributed by atoms with Crippen molar-refractivity contribution in [3.8, 4) is 0 Å². The number of anilines is 1. The summed E-state index contributed by atoms with van der Waals surface area (Å²) in [4.78, 5) is 29.2. The number of halogens is 1. The fourth-order valence-electron chi connectivity index (χ4n) is 2.58. The highest BCUT2D eigenvalue weighted by Gasteiger charge is 2.45. The lowest BCUT2D eigenvalue weighted by Gasteiger charge is -2.30. The third kappa shape index (κ3) is 3.63. The van der Waals surface area contributed by atoms with Crippen molar-refractivity contribution in [2.24, 2.45) is 5.41 Å². The third-order valence-corrected chi connectivity index (χ3v) is 4.83. The van der Waals surface area contributed by atoms with Crippen LogP contribution in [0.3, 0.4) is 0 Å².